The van der Waals surface area contributed by atoms with Crippen molar-refractivity contribution in [2.75, 3.05) is 12.3 Å². The molecule has 1 aromatic rings. The van der Waals surface area contributed by atoms with Crippen molar-refractivity contribution in [2.45, 2.75) is 24.2 Å². The fraction of sp³-hybridized carbons (Fsp3) is 0.455. The van der Waals surface area contributed by atoms with Gasteiger partial charge >= 0.3 is 0 Å². The highest BCUT2D eigenvalue weighted by Gasteiger charge is 2.22. The minimum atomic E-state index is -3.40. The van der Waals surface area contributed by atoms with Crippen LogP contribution in [0.4, 0.5) is 5.69 Å². The summed E-state index contributed by atoms with van der Waals surface area (Å²) in [7, 11) is -3.40. The Bertz CT molecular complexity index is 512. The molecule has 4 nitrogen and oxygen atoms in total. The molecule has 1 saturated carbocycles. The van der Waals surface area contributed by atoms with Crippen molar-refractivity contribution in [1.82, 2.24) is 4.72 Å². The van der Waals surface area contributed by atoms with Gasteiger partial charge in [-0.05, 0) is 46.5 Å². The van der Waals surface area contributed by atoms with Gasteiger partial charge in [-0.25, -0.2) is 13.1 Å². The van der Waals surface area contributed by atoms with E-state index < -0.39 is 10.0 Å². The van der Waals surface area contributed by atoms with Gasteiger partial charge in [-0.15, -0.1) is 0 Å². The quantitative estimate of drug-likeness (QED) is 0.817. The maximum absolute atomic E-state index is 11.9. The third kappa shape index (κ3) is 3.43. The van der Waals surface area contributed by atoms with E-state index in [0.29, 0.717) is 16.7 Å². The normalized spacial score (nSPS) is 16.1. The number of rotatable bonds is 5. The Labute approximate surface area is 110 Å². The molecule has 0 aliphatic heterocycles. The van der Waals surface area contributed by atoms with Crippen molar-refractivity contribution >= 4 is 31.6 Å². The zero-order valence-electron chi connectivity index (χ0n) is 9.32. The minimum Gasteiger partial charge on any atom is -0.398 e. The van der Waals surface area contributed by atoms with E-state index in [0.717, 1.165) is 12.3 Å². The van der Waals surface area contributed by atoms with Gasteiger partial charge in [-0.2, -0.15) is 0 Å². The summed E-state index contributed by atoms with van der Waals surface area (Å²) in [6.45, 7) is 0.509. The molecule has 94 valence electrons. The van der Waals surface area contributed by atoms with E-state index in [-0.39, 0.29) is 4.90 Å². The van der Waals surface area contributed by atoms with E-state index in [9.17, 15) is 8.42 Å². The summed E-state index contributed by atoms with van der Waals surface area (Å²) >= 11 is 3.22. The summed E-state index contributed by atoms with van der Waals surface area (Å²) in [5, 5.41) is 0. The summed E-state index contributed by atoms with van der Waals surface area (Å²) in [6, 6.07) is 4.62. The Hall–Kier alpha value is -0.590. The van der Waals surface area contributed by atoms with Gasteiger partial charge in [0.25, 0.3) is 0 Å². The van der Waals surface area contributed by atoms with Crippen LogP contribution in [-0.4, -0.2) is 15.0 Å². The zero-order chi connectivity index (χ0) is 12.5. The van der Waals surface area contributed by atoms with Gasteiger partial charge in [0.15, 0.2) is 0 Å². The number of sulfonamides is 1. The van der Waals surface area contributed by atoms with Crippen LogP contribution in [-0.2, 0) is 10.0 Å². The van der Waals surface area contributed by atoms with Crippen molar-refractivity contribution in [3.63, 3.8) is 0 Å². The molecule has 0 atom stereocenters. The van der Waals surface area contributed by atoms with Crippen LogP contribution in [0.15, 0.2) is 27.6 Å². The lowest BCUT2D eigenvalue weighted by molar-refractivity contribution is 0.575. The van der Waals surface area contributed by atoms with Crippen LogP contribution >= 0.6 is 15.9 Å². The number of benzene rings is 1. The van der Waals surface area contributed by atoms with E-state index in [1.807, 2.05) is 0 Å². The van der Waals surface area contributed by atoms with Crippen molar-refractivity contribution in [1.29, 1.82) is 0 Å². The standard InChI is InChI=1S/C11H15BrN2O2S/c12-10-7-9(3-4-11(10)13)17(15,16)14-6-5-8-1-2-8/h3-4,7-8,14H,1-2,5-6,13H2. The minimum absolute atomic E-state index is 0.245. The van der Waals surface area contributed by atoms with Gasteiger partial charge in [0.2, 0.25) is 10.0 Å². The van der Waals surface area contributed by atoms with E-state index in [2.05, 4.69) is 20.7 Å². The lowest BCUT2D eigenvalue weighted by Gasteiger charge is -2.07. The van der Waals surface area contributed by atoms with Gasteiger partial charge in [-0.1, -0.05) is 12.8 Å². The van der Waals surface area contributed by atoms with Crippen LogP contribution in [0.5, 0.6) is 0 Å². The number of nitrogens with two attached hydrogens (primary N) is 1. The second kappa shape index (κ2) is 4.96. The van der Waals surface area contributed by atoms with E-state index in [4.69, 9.17) is 5.73 Å². The number of hydrogen-bond acceptors (Lipinski definition) is 3. The summed E-state index contributed by atoms with van der Waals surface area (Å²) in [6.07, 6.45) is 3.39. The van der Waals surface area contributed by atoms with Crippen LogP contribution in [0, 0.1) is 5.92 Å². The van der Waals surface area contributed by atoms with Gasteiger partial charge in [0.1, 0.15) is 0 Å². The fourth-order valence-electron chi connectivity index (χ4n) is 1.56. The first-order chi connectivity index (χ1) is 7.99. The second-order valence-electron chi connectivity index (χ2n) is 4.31. The molecule has 1 aliphatic carbocycles. The zero-order valence-corrected chi connectivity index (χ0v) is 11.7. The summed E-state index contributed by atoms with van der Waals surface area (Å²) in [4.78, 5) is 0.245. The maximum atomic E-state index is 11.9. The largest absolute Gasteiger partial charge is 0.398 e. The fourth-order valence-corrected chi connectivity index (χ4v) is 3.17. The molecule has 0 bridgehead atoms. The highest BCUT2D eigenvalue weighted by Crippen LogP contribution is 2.32. The van der Waals surface area contributed by atoms with Gasteiger partial charge < -0.3 is 5.73 Å². The lowest BCUT2D eigenvalue weighted by atomic mass is 10.3. The monoisotopic (exact) mass is 318 g/mol. The number of halogens is 1. The molecule has 6 heteroatoms. The van der Waals surface area contributed by atoms with Crippen molar-refractivity contribution in [3.05, 3.63) is 22.7 Å². The van der Waals surface area contributed by atoms with E-state index >= 15 is 0 Å². The Morgan fingerprint density at radius 1 is 1.41 bits per heavy atom. The number of nitrogens with one attached hydrogen (secondary N) is 1. The second-order valence-corrected chi connectivity index (χ2v) is 6.93. The SMILES string of the molecule is Nc1ccc(S(=O)(=O)NCCC2CC2)cc1Br. The molecule has 1 aliphatic rings. The molecule has 1 fully saturated rings. The van der Waals surface area contributed by atoms with Crippen molar-refractivity contribution < 1.29 is 8.42 Å². The van der Waals surface area contributed by atoms with Crippen LogP contribution < -0.4 is 10.5 Å². The Balaban J connectivity index is 2.04. The van der Waals surface area contributed by atoms with Crippen molar-refractivity contribution in [3.8, 4) is 0 Å². The van der Waals surface area contributed by atoms with E-state index in [1.165, 1.54) is 25.0 Å². The molecule has 0 heterocycles. The topological polar surface area (TPSA) is 72.2 Å². The third-order valence-electron chi connectivity index (χ3n) is 2.82. The Morgan fingerprint density at radius 3 is 2.71 bits per heavy atom. The molecule has 0 aromatic heterocycles. The molecule has 0 spiro atoms. The first-order valence-corrected chi connectivity index (χ1v) is 7.81. The summed E-state index contributed by atoms with van der Waals surface area (Å²) < 4.78 is 27.1. The molecule has 1 aromatic carbocycles. The average molecular weight is 319 g/mol. The highest BCUT2D eigenvalue weighted by atomic mass is 79.9. The van der Waals surface area contributed by atoms with Crippen LogP contribution in [0.2, 0.25) is 0 Å². The first-order valence-electron chi connectivity index (χ1n) is 5.54. The number of nitrogen functional groups attached to an aromatic ring is 1. The first kappa shape index (κ1) is 12.9. The van der Waals surface area contributed by atoms with Crippen molar-refractivity contribution in [2.24, 2.45) is 5.92 Å². The molecule has 0 amide bonds. The van der Waals surface area contributed by atoms with Crippen LogP contribution in [0.3, 0.4) is 0 Å². The highest BCUT2D eigenvalue weighted by molar-refractivity contribution is 9.10. The molecule has 17 heavy (non-hydrogen) atoms. The molecule has 0 unspecified atom stereocenters. The predicted octanol–water partition coefficient (Wildman–Crippen LogP) is 2.11. The van der Waals surface area contributed by atoms with Gasteiger partial charge in [0.05, 0.1) is 4.90 Å². The van der Waals surface area contributed by atoms with Crippen LogP contribution in [0.1, 0.15) is 19.3 Å². The molecule has 2 rings (SSSR count). The Kier molecular flexibility index (Phi) is 3.75. The molecular weight excluding hydrogens is 304 g/mol. The smallest absolute Gasteiger partial charge is 0.240 e. The van der Waals surface area contributed by atoms with Crippen LogP contribution in [0.25, 0.3) is 0 Å². The lowest BCUT2D eigenvalue weighted by Crippen LogP contribution is -2.25. The Morgan fingerprint density at radius 2 is 2.12 bits per heavy atom. The predicted molar refractivity (Wildman–Crippen MR) is 71.1 cm³/mol. The van der Waals surface area contributed by atoms with Gasteiger partial charge in [0, 0.05) is 16.7 Å². The number of anilines is 1. The summed E-state index contributed by atoms with van der Waals surface area (Å²) in [5.74, 6) is 0.718. The molecular formula is C11H15BrN2O2S. The summed E-state index contributed by atoms with van der Waals surface area (Å²) in [5.41, 5.74) is 6.15. The average Bonchev–Trinajstić information content (AvgIpc) is 3.05. The third-order valence-corrected chi connectivity index (χ3v) is 4.97. The molecule has 0 saturated heterocycles. The number of hydrogen-bond donors (Lipinski definition) is 2. The van der Waals surface area contributed by atoms with E-state index in [1.54, 1.807) is 6.07 Å². The maximum Gasteiger partial charge on any atom is 0.240 e. The molecule has 0 radical (unpaired) electrons. The van der Waals surface area contributed by atoms with Gasteiger partial charge in [-0.3, -0.25) is 0 Å². The molecule has 3 N–H and O–H groups in total.